The van der Waals surface area contributed by atoms with Crippen LogP contribution < -0.4 is 0 Å². The van der Waals surface area contributed by atoms with Crippen LogP contribution in [0.25, 0.3) is 0 Å². The first-order valence-electron chi connectivity index (χ1n) is 4.44. The van der Waals surface area contributed by atoms with Crippen molar-refractivity contribution >= 4 is 56.1 Å². The maximum absolute atomic E-state index is 12.3. The Hall–Kier alpha value is 0.240. The van der Waals surface area contributed by atoms with Crippen molar-refractivity contribution in [2.75, 3.05) is 0 Å². The van der Waals surface area contributed by atoms with Crippen molar-refractivity contribution in [1.82, 2.24) is 0 Å². The Balaban J connectivity index is 3.07. The van der Waals surface area contributed by atoms with E-state index < -0.39 is 10.3 Å². The molecule has 0 N–H and O–H groups in total. The summed E-state index contributed by atoms with van der Waals surface area (Å²) < 4.78 is 37.3. The van der Waals surface area contributed by atoms with Crippen LogP contribution in [0.3, 0.4) is 0 Å². The molecule has 17 heavy (non-hydrogen) atoms. The van der Waals surface area contributed by atoms with E-state index >= 15 is 0 Å². The number of hydrogen-bond acceptors (Lipinski definition) is 2. The summed E-state index contributed by atoms with van der Waals surface area (Å²) >= 11 is 4.71. The number of hydrogen-bond donors (Lipinski definition) is 0. The fourth-order valence-electron chi connectivity index (χ4n) is 1.09. The third-order valence-electron chi connectivity index (χ3n) is 1.80. The van der Waals surface area contributed by atoms with E-state index in [2.05, 4.69) is 15.9 Å². The summed E-state index contributed by atoms with van der Waals surface area (Å²) in [5.74, 6) is -0.231. The zero-order valence-electron chi connectivity index (χ0n) is 8.52. The molecule has 1 nitrogen and oxygen atoms in total. The van der Waals surface area contributed by atoms with Crippen molar-refractivity contribution in [3.05, 3.63) is 27.3 Å². The minimum atomic E-state index is -4.35. The maximum Gasteiger partial charge on any atom is 0.446 e. The van der Waals surface area contributed by atoms with Crippen LogP contribution in [0.5, 0.6) is 0 Å². The van der Waals surface area contributed by atoms with Crippen molar-refractivity contribution in [3.8, 4) is 0 Å². The van der Waals surface area contributed by atoms with Crippen LogP contribution in [0, 0.1) is 3.57 Å². The lowest BCUT2D eigenvalue weighted by Gasteiger charge is -2.10. The fraction of sp³-hybridized carbons (Fsp3) is 0.300. The van der Waals surface area contributed by atoms with Crippen molar-refractivity contribution < 1.29 is 18.0 Å². The lowest BCUT2D eigenvalue weighted by molar-refractivity contribution is -0.0328. The number of thioether (sulfide) groups is 1. The van der Waals surface area contributed by atoms with Gasteiger partial charge in [-0.15, -0.1) is 0 Å². The first-order chi connectivity index (χ1) is 7.70. The van der Waals surface area contributed by atoms with Crippen LogP contribution in [0.4, 0.5) is 13.2 Å². The average molecular weight is 439 g/mol. The number of Topliss-reactive ketones (excluding diaryl/α,β-unsaturated/α-hetero) is 1. The molecule has 0 bridgehead atoms. The second-order valence-corrected chi connectivity index (χ2v) is 6.82. The zero-order chi connectivity index (χ0) is 13.2. The molecule has 0 radical (unpaired) electrons. The lowest BCUT2D eigenvalue weighted by Crippen LogP contribution is -2.10. The van der Waals surface area contributed by atoms with E-state index in [4.69, 9.17) is 0 Å². The van der Waals surface area contributed by atoms with Crippen LogP contribution in [0.2, 0.25) is 0 Å². The SMILES string of the molecule is CC(Br)C(=O)c1ccc(I)c(SC(F)(F)F)c1. The van der Waals surface area contributed by atoms with Gasteiger partial charge in [-0.25, -0.2) is 0 Å². The molecule has 0 spiro atoms. The number of rotatable bonds is 3. The monoisotopic (exact) mass is 438 g/mol. The van der Waals surface area contributed by atoms with E-state index in [0.29, 0.717) is 3.57 Å². The molecule has 1 aromatic carbocycles. The highest BCUT2D eigenvalue weighted by atomic mass is 127. The molecule has 0 amide bonds. The second kappa shape index (κ2) is 5.92. The fourth-order valence-corrected chi connectivity index (χ4v) is 2.62. The summed E-state index contributed by atoms with van der Waals surface area (Å²) in [7, 11) is 0. The molecular weight excluding hydrogens is 432 g/mol. The molecule has 0 aliphatic heterocycles. The summed E-state index contributed by atoms with van der Waals surface area (Å²) in [6.45, 7) is 1.64. The number of carbonyl (C=O) groups excluding carboxylic acids is 1. The molecular formula is C10H7BrF3IOS. The average Bonchev–Trinajstić information content (AvgIpc) is 2.18. The predicted molar refractivity (Wildman–Crippen MR) is 73.8 cm³/mol. The third kappa shape index (κ3) is 4.78. The Labute approximate surface area is 123 Å². The van der Waals surface area contributed by atoms with Gasteiger partial charge in [0.1, 0.15) is 0 Å². The van der Waals surface area contributed by atoms with E-state index in [1.54, 1.807) is 6.92 Å². The van der Waals surface area contributed by atoms with Crippen LogP contribution in [-0.2, 0) is 0 Å². The Kier molecular flexibility index (Phi) is 5.33. The molecule has 0 aliphatic carbocycles. The minimum Gasteiger partial charge on any atom is -0.293 e. The Morgan fingerprint density at radius 1 is 1.47 bits per heavy atom. The third-order valence-corrected chi connectivity index (χ3v) is 4.31. The summed E-state index contributed by atoms with van der Waals surface area (Å²) in [4.78, 5) is 11.3. The molecule has 0 aromatic heterocycles. The summed E-state index contributed by atoms with van der Waals surface area (Å²) in [5, 5.41) is 0. The normalized spacial score (nSPS) is 13.5. The van der Waals surface area contributed by atoms with E-state index in [-0.39, 0.29) is 28.0 Å². The number of benzene rings is 1. The molecule has 0 fully saturated rings. The Morgan fingerprint density at radius 3 is 2.53 bits per heavy atom. The number of ketones is 1. The Bertz CT molecular complexity index is 434. The second-order valence-electron chi connectivity index (χ2n) is 3.17. The van der Waals surface area contributed by atoms with Crippen LogP contribution in [0.15, 0.2) is 23.1 Å². The highest BCUT2D eigenvalue weighted by molar-refractivity contribution is 14.1. The highest BCUT2D eigenvalue weighted by Crippen LogP contribution is 2.39. The number of alkyl halides is 4. The quantitative estimate of drug-likeness (QED) is 0.290. The van der Waals surface area contributed by atoms with Crippen molar-refractivity contribution in [1.29, 1.82) is 0 Å². The molecule has 94 valence electrons. The van der Waals surface area contributed by atoms with E-state index in [1.165, 1.54) is 18.2 Å². The molecule has 0 aliphatic rings. The molecule has 0 saturated carbocycles. The molecule has 1 atom stereocenters. The summed E-state index contributed by atoms with van der Waals surface area (Å²) in [6.07, 6.45) is 0. The van der Waals surface area contributed by atoms with Crippen molar-refractivity contribution in [3.63, 3.8) is 0 Å². The van der Waals surface area contributed by atoms with Crippen LogP contribution in [0.1, 0.15) is 17.3 Å². The maximum atomic E-state index is 12.3. The lowest BCUT2D eigenvalue weighted by atomic mass is 10.1. The first kappa shape index (κ1) is 15.3. The van der Waals surface area contributed by atoms with Gasteiger partial charge in [0.25, 0.3) is 0 Å². The predicted octanol–water partition coefficient (Wildman–Crippen LogP) is 4.87. The van der Waals surface area contributed by atoms with Gasteiger partial charge in [0.05, 0.1) is 4.83 Å². The van der Waals surface area contributed by atoms with Crippen LogP contribution >= 0.6 is 50.3 Å². The summed E-state index contributed by atoms with van der Waals surface area (Å²) in [6, 6.07) is 4.32. The van der Waals surface area contributed by atoms with Gasteiger partial charge in [-0.3, -0.25) is 4.79 Å². The van der Waals surface area contributed by atoms with Gasteiger partial charge in [-0.2, -0.15) is 13.2 Å². The summed E-state index contributed by atoms with van der Waals surface area (Å²) in [5.41, 5.74) is -4.07. The Morgan fingerprint density at radius 2 is 2.06 bits per heavy atom. The van der Waals surface area contributed by atoms with Gasteiger partial charge < -0.3 is 0 Å². The van der Waals surface area contributed by atoms with E-state index in [9.17, 15) is 18.0 Å². The van der Waals surface area contributed by atoms with Crippen molar-refractivity contribution in [2.24, 2.45) is 0 Å². The molecule has 1 unspecified atom stereocenters. The van der Waals surface area contributed by atoms with Gasteiger partial charge in [0, 0.05) is 14.0 Å². The number of halogens is 5. The smallest absolute Gasteiger partial charge is 0.293 e. The van der Waals surface area contributed by atoms with Crippen LogP contribution in [-0.4, -0.2) is 16.1 Å². The molecule has 0 heterocycles. The van der Waals surface area contributed by atoms with Gasteiger partial charge >= 0.3 is 5.51 Å². The molecule has 0 saturated heterocycles. The van der Waals surface area contributed by atoms with Gasteiger partial charge in [-0.05, 0) is 53.4 Å². The molecule has 1 rings (SSSR count). The zero-order valence-corrected chi connectivity index (χ0v) is 13.1. The number of carbonyl (C=O) groups is 1. The first-order valence-corrected chi connectivity index (χ1v) is 7.25. The standard InChI is InChI=1S/C10H7BrF3IOS/c1-5(11)9(16)6-2-3-7(15)8(4-6)17-10(12,13)14/h2-5H,1H3. The molecule has 7 heteroatoms. The largest absolute Gasteiger partial charge is 0.446 e. The highest BCUT2D eigenvalue weighted by Gasteiger charge is 2.30. The van der Waals surface area contributed by atoms with E-state index in [0.717, 1.165) is 0 Å². The minimum absolute atomic E-state index is 0.0529. The van der Waals surface area contributed by atoms with Gasteiger partial charge in [0.2, 0.25) is 0 Å². The van der Waals surface area contributed by atoms with E-state index in [1.807, 2.05) is 22.6 Å². The topological polar surface area (TPSA) is 17.1 Å². The van der Waals surface area contributed by atoms with Gasteiger partial charge in [0.15, 0.2) is 5.78 Å². The van der Waals surface area contributed by atoms with Crippen molar-refractivity contribution in [2.45, 2.75) is 22.2 Å². The molecule has 1 aromatic rings. The van der Waals surface area contributed by atoms with Gasteiger partial charge in [-0.1, -0.05) is 22.0 Å².